The second kappa shape index (κ2) is 5.08. The number of nitrogens with zero attached hydrogens (tertiary/aromatic N) is 1. The minimum Gasteiger partial charge on any atom is -0.310 e. The number of hydrogen-bond donors (Lipinski definition) is 1. The SMILES string of the molecule is CCCCCc1nc2cccc(F)c2c(=O)[nH]1. The van der Waals surface area contributed by atoms with Crippen molar-refractivity contribution >= 4 is 10.9 Å². The van der Waals surface area contributed by atoms with Crippen molar-refractivity contribution in [3.63, 3.8) is 0 Å². The molecule has 0 bridgehead atoms. The molecule has 0 atom stereocenters. The molecule has 0 aliphatic heterocycles. The molecule has 0 fully saturated rings. The van der Waals surface area contributed by atoms with Gasteiger partial charge in [0.05, 0.1) is 5.52 Å². The first-order valence-corrected chi connectivity index (χ1v) is 5.89. The van der Waals surface area contributed by atoms with Gasteiger partial charge in [-0.3, -0.25) is 4.79 Å². The van der Waals surface area contributed by atoms with Crippen LogP contribution in [0.3, 0.4) is 0 Å². The molecular formula is C13H15FN2O. The summed E-state index contributed by atoms with van der Waals surface area (Å²) in [6, 6.07) is 4.51. The van der Waals surface area contributed by atoms with Gasteiger partial charge in [0, 0.05) is 6.42 Å². The summed E-state index contributed by atoms with van der Waals surface area (Å²) in [5.74, 6) is 0.123. The van der Waals surface area contributed by atoms with Crippen molar-refractivity contribution in [2.45, 2.75) is 32.6 Å². The zero-order chi connectivity index (χ0) is 12.3. The Hall–Kier alpha value is -1.71. The Morgan fingerprint density at radius 3 is 2.94 bits per heavy atom. The topological polar surface area (TPSA) is 45.8 Å². The van der Waals surface area contributed by atoms with E-state index in [9.17, 15) is 9.18 Å². The first kappa shape index (κ1) is 11.8. The largest absolute Gasteiger partial charge is 0.310 e. The average molecular weight is 234 g/mol. The van der Waals surface area contributed by atoms with Crippen LogP contribution in [0.4, 0.5) is 4.39 Å². The van der Waals surface area contributed by atoms with Crippen molar-refractivity contribution in [3.8, 4) is 0 Å². The molecule has 2 aromatic rings. The summed E-state index contributed by atoms with van der Waals surface area (Å²) in [6.07, 6.45) is 3.94. The molecule has 3 nitrogen and oxygen atoms in total. The fraction of sp³-hybridized carbons (Fsp3) is 0.385. The van der Waals surface area contributed by atoms with Crippen molar-refractivity contribution in [2.75, 3.05) is 0 Å². The number of benzene rings is 1. The number of hydrogen-bond acceptors (Lipinski definition) is 2. The molecule has 0 saturated carbocycles. The summed E-state index contributed by atoms with van der Waals surface area (Å²) in [5.41, 5.74) is 0.0415. The van der Waals surface area contributed by atoms with Gasteiger partial charge in [-0.2, -0.15) is 0 Å². The summed E-state index contributed by atoms with van der Waals surface area (Å²) >= 11 is 0. The molecule has 4 heteroatoms. The van der Waals surface area contributed by atoms with E-state index in [0.717, 1.165) is 25.7 Å². The number of aromatic amines is 1. The van der Waals surface area contributed by atoms with Gasteiger partial charge in [0.2, 0.25) is 0 Å². The highest BCUT2D eigenvalue weighted by Crippen LogP contribution is 2.11. The van der Waals surface area contributed by atoms with E-state index in [2.05, 4.69) is 16.9 Å². The molecule has 1 aromatic carbocycles. The number of nitrogens with one attached hydrogen (secondary N) is 1. The second-order valence-electron chi connectivity index (χ2n) is 4.10. The summed E-state index contributed by atoms with van der Waals surface area (Å²) in [7, 11) is 0. The molecular weight excluding hydrogens is 219 g/mol. The van der Waals surface area contributed by atoms with Gasteiger partial charge in [-0.25, -0.2) is 9.37 Å². The summed E-state index contributed by atoms with van der Waals surface area (Å²) in [5, 5.41) is 0.0479. The monoisotopic (exact) mass is 234 g/mol. The molecule has 1 heterocycles. The summed E-state index contributed by atoms with van der Waals surface area (Å²) < 4.78 is 13.4. The number of rotatable bonds is 4. The molecule has 0 saturated heterocycles. The van der Waals surface area contributed by atoms with Crippen molar-refractivity contribution in [3.05, 3.63) is 40.2 Å². The Morgan fingerprint density at radius 1 is 1.35 bits per heavy atom. The van der Waals surface area contributed by atoms with Gasteiger partial charge in [0.25, 0.3) is 5.56 Å². The predicted molar refractivity (Wildman–Crippen MR) is 65.6 cm³/mol. The van der Waals surface area contributed by atoms with E-state index < -0.39 is 5.82 Å². The lowest BCUT2D eigenvalue weighted by atomic mass is 10.2. The highest BCUT2D eigenvalue weighted by molar-refractivity contribution is 5.77. The third-order valence-electron chi connectivity index (χ3n) is 2.75. The van der Waals surface area contributed by atoms with E-state index in [1.807, 2.05) is 0 Å². The minimum atomic E-state index is -0.517. The summed E-state index contributed by atoms with van der Waals surface area (Å²) in [4.78, 5) is 18.6. The van der Waals surface area contributed by atoms with Crippen molar-refractivity contribution in [1.82, 2.24) is 9.97 Å². The van der Waals surface area contributed by atoms with Crippen LogP contribution >= 0.6 is 0 Å². The van der Waals surface area contributed by atoms with Gasteiger partial charge < -0.3 is 4.98 Å². The highest BCUT2D eigenvalue weighted by atomic mass is 19.1. The van der Waals surface area contributed by atoms with Crippen LogP contribution in [0, 0.1) is 5.82 Å². The summed E-state index contributed by atoms with van der Waals surface area (Å²) in [6.45, 7) is 2.12. The minimum absolute atomic E-state index is 0.0479. The first-order chi connectivity index (χ1) is 8.22. The maximum absolute atomic E-state index is 13.4. The van der Waals surface area contributed by atoms with Crippen LogP contribution in [0.15, 0.2) is 23.0 Å². The Kier molecular flexibility index (Phi) is 3.52. The second-order valence-corrected chi connectivity index (χ2v) is 4.10. The van der Waals surface area contributed by atoms with Gasteiger partial charge in [0.15, 0.2) is 0 Å². The third-order valence-corrected chi connectivity index (χ3v) is 2.75. The van der Waals surface area contributed by atoms with Crippen LogP contribution in [0.5, 0.6) is 0 Å². The van der Waals surface area contributed by atoms with E-state index in [0.29, 0.717) is 11.3 Å². The predicted octanol–water partition coefficient (Wildman–Crippen LogP) is 2.79. The Morgan fingerprint density at radius 2 is 2.18 bits per heavy atom. The van der Waals surface area contributed by atoms with Gasteiger partial charge >= 0.3 is 0 Å². The molecule has 0 radical (unpaired) electrons. The van der Waals surface area contributed by atoms with Gasteiger partial charge in [-0.05, 0) is 18.6 Å². The quantitative estimate of drug-likeness (QED) is 0.827. The zero-order valence-corrected chi connectivity index (χ0v) is 9.79. The Balaban J connectivity index is 2.39. The average Bonchev–Trinajstić information content (AvgIpc) is 2.29. The van der Waals surface area contributed by atoms with E-state index in [1.165, 1.54) is 6.07 Å². The molecule has 17 heavy (non-hydrogen) atoms. The van der Waals surface area contributed by atoms with E-state index >= 15 is 0 Å². The van der Waals surface area contributed by atoms with E-state index in [-0.39, 0.29) is 10.9 Å². The smallest absolute Gasteiger partial charge is 0.261 e. The Bertz CT molecular complexity index is 577. The molecule has 2 rings (SSSR count). The fourth-order valence-corrected chi connectivity index (χ4v) is 1.86. The van der Waals surface area contributed by atoms with Crippen molar-refractivity contribution in [1.29, 1.82) is 0 Å². The molecule has 1 aromatic heterocycles. The molecule has 90 valence electrons. The van der Waals surface area contributed by atoms with Crippen LogP contribution in [0.25, 0.3) is 10.9 Å². The number of halogens is 1. The Labute approximate surface area is 98.7 Å². The number of aryl methyl sites for hydroxylation is 1. The normalized spacial score (nSPS) is 10.9. The van der Waals surface area contributed by atoms with Crippen LogP contribution in [-0.2, 0) is 6.42 Å². The molecule has 0 aliphatic carbocycles. The lowest BCUT2D eigenvalue weighted by molar-refractivity contribution is 0.637. The molecule has 0 amide bonds. The first-order valence-electron chi connectivity index (χ1n) is 5.89. The standard InChI is InChI=1S/C13H15FN2O/c1-2-3-4-8-11-15-10-7-5-6-9(14)12(10)13(17)16-11/h5-7H,2-4,8H2,1H3,(H,15,16,17). The maximum Gasteiger partial charge on any atom is 0.261 e. The lowest BCUT2D eigenvalue weighted by Gasteiger charge is -2.03. The number of H-pyrrole nitrogens is 1. The highest BCUT2D eigenvalue weighted by Gasteiger charge is 2.07. The van der Waals surface area contributed by atoms with Gasteiger partial charge in [0.1, 0.15) is 17.0 Å². The maximum atomic E-state index is 13.4. The van der Waals surface area contributed by atoms with Crippen molar-refractivity contribution < 1.29 is 4.39 Å². The van der Waals surface area contributed by atoms with Crippen LogP contribution in [0.1, 0.15) is 32.0 Å². The molecule has 0 unspecified atom stereocenters. The molecule has 0 spiro atoms. The zero-order valence-electron chi connectivity index (χ0n) is 9.79. The number of fused-ring (bicyclic) bond motifs is 1. The van der Waals surface area contributed by atoms with Gasteiger partial charge in [-0.15, -0.1) is 0 Å². The van der Waals surface area contributed by atoms with E-state index in [1.54, 1.807) is 12.1 Å². The van der Waals surface area contributed by atoms with Crippen LogP contribution in [0.2, 0.25) is 0 Å². The van der Waals surface area contributed by atoms with Crippen LogP contribution in [-0.4, -0.2) is 9.97 Å². The van der Waals surface area contributed by atoms with Crippen molar-refractivity contribution in [2.24, 2.45) is 0 Å². The van der Waals surface area contributed by atoms with E-state index in [4.69, 9.17) is 0 Å². The number of aromatic nitrogens is 2. The molecule has 0 aliphatic rings. The van der Waals surface area contributed by atoms with Gasteiger partial charge in [-0.1, -0.05) is 25.8 Å². The number of unbranched alkanes of at least 4 members (excludes halogenated alkanes) is 2. The third kappa shape index (κ3) is 2.52. The molecule has 1 N–H and O–H groups in total. The fourth-order valence-electron chi connectivity index (χ4n) is 1.86. The van der Waals surface area contributed by atoms with Crippen LogP contribution < -0.4 is 5.56 Å². The lowest BCUT2D eigenvalue weighted by Crippen LogP contribution is -2.13.